The Hall–Kier alpha value is 0.500. The molecule has 0 aliphatic carbocycles. The molecule has 0 aromatic heterocycles. The van der Waals surface area contributed by atoms with Gasteiger partial charge in [-0.15, -0.1) is 23.5 Å². The van der Waals surface area contributed by atoms with Crippen molar-refractivity contribution in [2.24, 2.45) is 11.3 Å². The van der Waals surface area contributed by atoms with E-state index >= 15 is 0 Å². The van der Waals surface area contributed by atoms with Gasteiger partial charge in [-0.25, -0.2) is 0 Å². The SMILES string of the molecule is CC(C)(C)[C@H]1CS[C@](C)(c2cc(Cl)cc(Cl)c2)SC1. The molecule has 1 aliphatic heterocycles. The molecule has 1 heterocycles. The van der Waals surface area contributed by atoms with Crippen LogP contribution in [0.4, 0.5) is 0 Å². The largest absolute Gasteiger partial charge is 0.139 e. The van der Waals surface area contributed by atoms with Crippen LogP contribution in [0.15, 0.2) is 18.2 Å². The van der Waals surface area contributed by atoms with Crippen LogP contribution in [0.1, 0.15) is 33.3 Å². The lowest BCUT2D eigenvalue weighted by atomic mass is 9.83. The molecular formula is C15H20Cl2S2. The van der Waals surface area contributed by atoms with E-state index in [1.807, 2.05) is 35.7 Å². The third-order valence-electron chi connectivity index (χ3n) is 3.73. The highest BCUT2D eigenvalue weighted by Crippen LogP contribution is 2.54. The van der Waals surface area contributed by atoms with Crippen LogP contribution in [-0.2, 0) is 4.08 Å². The van der Waals surface area contributed by atoms with Gasteiger partial charge in [0.1, 0.15) is 0 Å². The third kappa shape index (κ3) is 3.78. The third-order valence-corrected chi connectivity index (χ3v) is 7.59. The number of hydrogen-bond donors (Lipinski definition) is 0. The van der Waals surface area contributed by atoms with E-state index in [2.05, 4.69) is 27.7 Å². The van der Waals surface area contributed by atoms with Crippen LogP contribution in [-0.4, -0.2) is 11.5 Å². The first kappa shape index (κ1) is 15.9. The highest BCUT2D eigenvalue weighted by atomic mass is 35.5. The second-order valence-corrected chi connectivity index (χ2v) is 10.3. The molecule has 0 amide bonds. The highest BCUT2D eigenvalue weighted by Gasteiger charge is 2.38. The Kier molecular flexibility index (Phi) is 4.77. The fourth-order valence-electron chi connectivity index (χ4n) is 2.09. The smallest absolute Gasteiger partial charge is 0.0833 e. The average Bonchev–Trinajstić information content (AvgIpc) is 2.27. The van der Waals surface area contributed by atoms with E-state index < -0.39 is 0 Å². The van der Waals surface area contributed by atoms with Crippen molar-refractivity contribution in [3.63, 3.8) is 0 Å². The Morgan fingerprint density at radius 3 is 1.95 bits per heavy atom. The van der Waals surface area contributed by atoms with E-state index in [-0.39, 0.29) is 4.08 Å². The summed E-state index contributed by atoms with van der Waals surface area (Å²) in [5, 5.41) is 1.45. The Labute approximate surface area is 135 Å². The van der Waals surface area contributed by atoms with Gasteiger partial charge in [0.05, 0.1) is 4.08 Å². The Morgan fingerprint density at radius 2 is 1.53 bits per heavy atom. The fourth-order valence-corrected chi connectivity index (χ4v) is 6.35. The second-order valence-electron chi connectivity index (χ2n) is 6.29. The van der Waals surface area contributed by atoms with E-state index in [4.69, 9.17) is 23.2 Å². The molecule has 1 aromatic carbocycles. The summed E-state index contributed by atoms with van der Waals surface area (Å²) >= 11 is 16.3. The molecule has 1 aliphatic rings. The monoisotopic (exact) mass is 334 g/mol. The maximum Gasteiger partial charge on any atom is 0.0833 e. The van der Waals surface area contributed by atoms with Gasteiger partial charge in [-0.3, -0.25) is 0 Å². The Morgan fingerprint density at radius 1 is 1.05 bits per heavy atom. The van der Waals surface area contributed by atoms with Gasteiger partial charge in [-0.2, -0.15) is 0 Å². The molecule has 0 radical (unpaired) electrons. The number of benzene rings is 1. The lowest BCUT2D eigenvalue weighted by Crippen LogP contribution is -2.32. The maximum absolute atomic E-state index is 6.13. The zero-order valence-electron chi connectivity index (χ0n) is 11.8. The summed E-state index contributed by atoms with van der Waals surface area (Å²) in [5.41, 5.74) is 1.61. The lowest BCUT2D eigenvalue weighted by Gasteiger charge is -2.41. The minimum absolute atomic E-state index is 0.0658. The predicted octanol–water partition coefficient (Wildman–Crippen LogP) is 6.31. The van der Waals surface area contributed by atoms with Gasteiger partial charge in [0, 0.05) is 10.0 Å². The number of rotatable bonds is 1. The number of thioether (sulfide) groups is 2. The summed E-state index contributed by atoms with van der Waals surface area (Å²) < 4.78 is 0.0658. The first-order chi connectivity index (χ1) is 8.71. The molecule has 1 aromatic rings. The summed E-state index contributed by atoms with van der Waals surface area (Å²) in [6, 6.07) is 5.89. The molecule has 4 heteroatoms. The van der Waals surface area contributed by atoms with Gasteiger partial charge < -0.3 is 0 Å². The van der Waals surface area contributed by atoms with Crippen molar-refractivity contribution >= 4 is 46.7 Å². The molecule has 2 rings (SSSR count). The minimum atomic E-state index is 0.0658. The molecule has 19 heavy (non-hydrogen) atoms. The molecule has 0 atom stereocenters. The topological polar surface area (TPSA) is 0 Å². The van der Waals surface area contributed by atoms with E-state index in [9.17, 15) is 0 Å². The molecule has 1 saturated heterocycles. The normalized spacial score (nSPS) is 28.4. The number of hydrogen-bond acceptors (Lipinski definition) is 2. The van der Waals surface area contributed by atoms with Crippen LogP contribution in [0.5, 0.6) is 0 Å². The van der Waals surface area contributed by atoms with E-state index in [1.54, 1.807) is 6.07 Å². The van der Waals surface area contributed by atoms with Gasteiger partial charge in [0.2, 0.25) is 0 Å². The van der Waals surface area contributed by atoms with Gasteiger partial charge >= 0.3 is 0 Å². The van der Waals surface area contributed by atoms with Crippen molar-refractivity contribution in [2.45, 2.75) is 31.8 Å². The van der Waals surface area contributed by atoms with Gasteiger partial charge in [-0.1, -0.05) is 44.0 Å². The summed E-state index contributed by atoms with van der Waals surface area (Å²) in [7, 11) is 0. The molecule has 0 saturated carbocycles. The van der Waals surface area contributed by atoms with Crippen molar-refractivity contribution < 1.29 is 0 Å². The van der Waals surface area contributed by atoms with Crippen molar-refractivity contribution in [1.29, 1.82) is 0 Å². The standard InChI is InChI=1S/C15H20Cl2S2/c1-14(2,3)11-8-18-15(4,19-9-11)10-5-12(16)7-13(17)6-10/h5-7,11H,8-9H2,1-4H3/t11-,15-. The van der Waals surface area contributed by atoms with Crippen LogP contribution in [0.2, 0.25) is 10.0 Å². The quantitative estimate of drug-likeness (QED) is 0.590. The van der Waals surface area contributed by atoms with Gasteiger partial charge in [0.25, 0.3) is 0 Å². The van der Waals surface area contributed by atoms with Gasteiger partial charge in [0.15, 0.2) is 0 Å². The van der Waals surface area contributed by atoms with Crippen molar-refractivity contribution in [1.82, 2.24) is 0 Å². The molecule has 0 bridgehead atoms. The molecule has 1 fully saturated rings. The predicted molar refractivity (Wildman–Crippen MR) is 91.7 cm³/mol. The zero-order chi connectivity index (χ0) is 14.3. The van der Waals surface area contributed by atoms with Crippen molar-refractivity contribution in [2.75, 3.05) is 11.5 Å². The Bertz CT molecular complexity index is 437. The van der Waals surface area contributed by atoms with Crippen molar-refractivity contribution in [3.8, 4) is 0 Å². The van der Waals surface area contributed by atoms with Crippen molar-refractivity contribution in [3.05, 3.63) is 33.8 Å². The Balaban J connectivity index is 2.18. The summed E-state index contributed by atoms with van der Waals surface area (Å²) in [5.74, 6) is 3.14. The van der Waals surface area contributed by atoms with E-state index in [0.717, 1.165) is 16.0 Å². The lowest BCUT2D eigenvalue weighted by molar-refractivity contribution is 0.292. The van der Waals surface area contributed by atoms with E-state index in [0.29, 0.717) is 5.41 Å². The molecule has 0 spiro atoms. The van der Waals surface area contributed by atoms with Crippen LogP contribution >= 0.6 is 46.7 Å². The van der Waals surface area contributed by atoms with Crippen LogP contribution < -0.4 is 0 Å². The van der Waals surface area contributed by atoms with Crippen LogP contribution in [0.25, 0.3) is 0 Å². The summed E-state index contributed by atoms with van der Waals surface area (Å²) in [6.45, 7) is 9.27. The van der Waals surface area contributed by atoms with Gasteiger partial charge in [-0.05, 0) is 53.5 Å². The number of halogens is 2. The first-order valence-electron chi connectivity index (χ1n) is 6.45. The van der Waals surface area contributed by atoms with Crippen LogP contribution in [0.3, 0.4) is 0 Å². The molecule has 0 unspecified atom stereocenters. The average molecular weight is 335 g/mol. The molecule has 106 valence electrons. The minimum Gasteiger partial charge on any atom is -0.139 e. The molecular weight excluding hydrogens is 315 g/mol. The van der Waals surface area contributed by atoms with E-state index in [1.165, 1.54) is 17.1 Å². The fraction of sp³-hybridized carbons (Fsp3) is 0.600. The summed E-state index contributed by atoms with van der Waals surface area (Å²) in [6.07, 6.45) is 0. The summed E-state index contributed by atoms with van der Waals surface area (Å²) in [4.78, 5) is 0. The van der Waals surface area contributed by atoms with Crippen LogP contribution in [0, 0.1) is 11.3 Å². The molecule has 0 N–H and O–H groups in total. The molecule has 0 nitrogen and oxygen atoms in total. The second kappa shape index (κ2) is 5.71. The zero-order valence-corrected chi connectivity index (χ0v) is 14.9. The highest BCUT2D eigenvalue weighted by molar-refractivity contribution is 8.18. The maximum atomic E-state index is 6.13. The first-order valence-corrected chi connectivity index (χ1v) is 9.18.